The predicted octanol–water partition coefficient (Wildman–Crippen LogP) is 3.50. The fourth-order valence-corrected chi connectivity index (χ4v) is 2.16. The molecule has 0 saturated carbocycles. The van der Waals surface area contributed by atoms with E-state index >= 15 is 0 Å². The van der Waals surface area contributed by atoms with Gasteiger partial charge in [0.1, 0.15) is 0 Å². The zero-order chi connectivity index (χ0) is 13.5. The van der Waals surface area contributed by atoms with Crippen molar-refractivity contribution in [3.63, 3.8) is 0 Å². The average molecular weight is 242 g/mol. The molecule has 0 bridgehead atoms. The smallest absolute Gasteiger partial charge is 0.312 e. The molecular formula is C14H26O3. The van der Waals surface area contributed by atoms with Crippen molar-refractivity contribution in [3.05, 3.63) is 0 Å². The van der Waals surface area contributed by atoms with E-state index in [-0.39, 0.29) is 11.8 Å². The molecule has 0 heterocycles. The topological polar surface area (TPSA) is 43.4 Å². The first-order valence-electron chi connectivity index (χ1n) is 6.62. The van der Waals surface area contributed by atoms with E-state index in [0.717, 1.165) is 25.7 Å². The zero-order valence-electron chi connectivity index (χ0n) is 11.8. The largest absolute Gasteiger partial charge is 0.454 e. The van der Waals surface area contributed by atoms with Crippen molar-refractivity contribution in [1.82, 2.24) is 0 Å². The fraction of sp³-hybridized carbons (Fsp3) is 0.857. The molecule has 0 aromatic rings. The van der Waals surface area contributed by atoms with Crippen LogP contribution in [0.25, 0.3) is 0 Å². The molecule has 0 fully saturated rings. The third kappa shape index (κ3) is 4.88. The van der Waals surface area contributed by atoms with Crippen molar-refractivity contribution >= 4 is 11.8 Å². The van der Waals surface area contributed by atoms with Gasteiger partial charge in [0, 0.05) is 0 Å². The number of hydrogen-bond acceptors (Lipinski definition) is 3. The number of carbonyl (C=O) groups is 2. The third-order valence-electron chi connectivity index (χ3n) is 3.17. The number of esters is 1. The standard InChI is InChI=1S/C14H26O3/c1-6-9-14(5,10-7-2)13(16)17-12(8-3)11(4)15/h12H,6-10H2,1-5H3. The molecule has 17 heavy (non-hydrogen) atoms. The molecule has 0 spiro atoms. The van der Waals surface area contributed by atoms with Crippen LogP contribution in [0, 0.1) is 5.41 Å². The molecular weight excluding hydrogens is 216 g/mol. The molecule has 0 amide bonds. The van der Waals surface area contributed by atoms with Gasteiger partial charge < -0.3 is 4.74 Å². The van der Waals surface area contributed by atoms with E-state index in [1.807, 2.05) is 13.8 Å². The van der Waals surface area contributed by atoms with Crippen molar-refractivity contribution in [2.75, 3.05) is 0 Å². The number of ketones is 1. The predicted molar refractivity (Wildman–Crippen MR) is 68.8 cm³/mol. The normalized spacial score (nSPS) is 13.2. The summed E-state index contributed by atoms with van der Waals surface area (Å²) in [5.41, 5.74) is -0.438. The minimum absolute atomic E-state index is 0.0730. The first-order chi connectivity index (χ1) is 7.91. The van der Waals surface area contributed by atoms with Crippen LogP contribution in [0.2, 0.25) is 0 Å². The number of ether oxygens (including phenoxy) is 1. The summed E-state index contributed by atoms with van der Waals surface area (Å²) in [6.45, 7) is 9.39. The Morgan fingerprint density at radius 3 is 1.88 bits per heavy atom. The van der Waals surface area contributed by atoms with Gasteiger partial charge in [-0.15, -0.1) is 0 Å². The summed E-state index contributed by atoms with van der Waals surface area (Å²) in [4.78, 5) is 23.4. The highest BCUT2D eigenvalue weighted by atomic mass is 16.5. The maximum atomic E-state index is 12.1. The molecule has 0 saturated heterocycles. The Bertz CT molecular complexity index is 252. The van der Waals surface area contributed by atoms with E-state index in [1.165, 1.54) is 6.92 Å². The van der Waals surface area contributed by atoms with Gasteiger partial charge in [-0.2, -0.15) is 0 Å². The van der Waals surface area contributed by atoms with E-state index in [2.05, 4.69) is 13.8 Å². The molecule has 1 atom stereocenters. The second-order valence-corrected chi connectivity index (χ2v) is 4.97. The Morgan fingerprint density at radius 1 is 1.12 bits per heavy atom. The number of Topliss-reactive ketones (excluding diaryl/α,β-unsaturated/α-hetero) is 1. The quantitative estimate of drug-likeness (QED) is 0.612. The Kier molecular flexibility index (Phi) is 7.09. The summed E-state index contributed by atoms with van der Waals surface area (Å²) >= 11 is 0. The maximum absolute atomic E-state index is 12.1. The van der Waals surface area contributed by atoms with Crippen LogP contribution in [0.5, 0.6) is 0 Å². The highest BCUT2D eigenvalue weighted by Gasteiger charge is 2.35. The van der Waals surface area contributed by atoms with Gasteiger partial charge in [0.25, 0.3) is 0 Å². The fourth-order valence-electron chi connectivity index (χ4n) is 2.16. The van der Waals surface area contributed by atoms with Gasteiger partial charge in [-0.1, -0.05) is 33.6 Å². The van der Waals surface area contributed by atoms with E-state index in [4.69, 9.17) is 4.74 Å². The second-order valence-electron chi connectivity index (χ2n) is 4.97. The SMILES string of the molecule is CCCC(C)(CCC)C(=O)OC(CC)C(C)=O. The molecule has 0 aromatic heterocycles. The van der Waals surface area contributed by atoms with Gasteiger partial charge in [0.2, 0.25) is 0 Å². The minimum Gasteiger partial charge on any atom is -0.454 e. The highest BCUT2D eigenvalue weighted by molar-refractivity contribution is 5.85. The van der Waals surface area contributed by atoms with E-state index < -0.39 is 11.5 Å². The maximum Gasteiger partial charge on any atom is 0.312 e. The summed E-state index contributed by atoms with van der Waals surface area (Å²) in [7, 11) is 0. The second kappa shape index (κ2) is 7.46. The van der Waals surface area contributed by atoms with E-state index in [9.17, 15) is 9.59 Å². The van der Waals surface area contributed by atoms with Crippen LogP contribution < -0.4 is 0 Å². The number of rotatable bonds is 8. The minimum atomic E-state index is -0.574. The van der Waals surface area contributed by atoms with Gasteiger partial charge in [-0.3, -0.25) is 9.59 Å². The summed E-state index contributed by atoms with van der Waals surface area (Å²) in [6, 6.07) is 0. The lowest BCUT2D eigenvalue weighted by atomic mass is 9.81. The average Bonchev–Trinajstić information content (AvgIpc) is 2.25. The first-order valence-corrected chi connectivity index (χ1v) is 6.62. The van der Waals surface area contributed by atoms with Crippen molar-refractivity contribution in [3.8, 4) is 0 Å². The zero-order valence-corrected chi connectivity index (χ0v) is 11.8. The molecule has 0 radical (unpaired) electrons. The van der Waals surface area contributed by atoms with Crippen LogP contribution in [0.1, 0.15) is 66.7 Å². The molecule has 0 aromatic carbocycles. The summed E-state index contributed by atoms with van der Waals surface area (Å²) in [6.07, 6.45) is 3.50. The Morgan fingerprint density at radius 2 is 1.59 bits per heavy atom. The molecule has 0 N–H and O–H groups in total. The van der Waals surface area contributed by atoms with Crippen LogP contribution in [0.15, 0.2) is 0 Å². The third-order valence-corrected chi connectivity index (χ3v) is 3.17. The van der Waals surface area contributed by atoms with Crippen molar-refractivity contribution in [1.29, 1.82) is 0 Å². The van der Waals surface area contributed by atoms with Gasteiger partial charge in [0.15, 0.2) is 11.9 Å². The summed E-state index contributed by atoms with van der Waals surface area (Å²) < 4.78 is 5.34. The van der Waals surface area contributed by atoms with E-state index in [1.54, 1.807) is 0 Å². The van der Waals surface area contributed by atoms with Crippen LogP contribution in [0.4, 0.5) is 0 Å². The monoisotopic (exact) mass is 242 g/mol. The first kappa shape index (κ1) is 16.1. The van der Waals surface area contributed by atoms with Gasteiger partial charge in [-0.25, -0.2) is 0 Å². The lowest BCUT2D eigenvalue weighted by Gasteiger charge is -2.28. The summed E-state index contributed by atoms with van der Waals surface area (Å²) in [5.74, 6) is -0.292. The van der Waals surface area contributed by atoms with Gasteiger partial charge in [0.05, 0.1) is 5.41 Å². The molecule has 1 unspecified atom stereocenters. The highest BCUT2D eigenvalue weighted by Crippen LogP contribution is 2.31. The Balaban J connectivity index is 4.67. The van der Waals surface area contributed by atoms with Gasteiger partial charge >= 0.3 is 5.97 Å². The Labute approximate surface area is 105 Å². The molecule has 100 valence electrons. The lowest BCUT2D eigenvalue weighted by Crippen LogP contribution is -2.35. The molecule has 0 rings (SSSR count). The number of carbonyl (C=O) groups excluding carboxylic acids is 2. The van der Waals surface area contributed by atoms with Crippen LogP contribution in [-0.4, -0.2) is 17.9 Å². The van der Waals surface area contributed by atoms with Crippen molar-refractivity contribution in [2.45, 2.75) is 72.8 Å². The van der Waals surface area contributed by atoms with Crippen LogP contribution in [0.3, 0.4) is 0 Å². The number of hydrogen-bond donors (Lipinski definition) is 0. The van der Waals surface area contributed by atoms with Crippen molar-refractivity contribution < 1.29 is 14.3 Å². The van der Waals surface area contributed by atoms with Crippen molar-refractivity contribution in [2.24, 2.45) is 5.41 Å². The van der Waals surface area contributed by atoms with Crippen LogP contribution >= 0.6 is 0 Å². The summed E-state index contributed by atoms with van der Waals surface area (Å²) in [5, 5.41) is 0. The molecule has 0 aliphatic heterocycles. The van der Waals surface area contributed by atoms with Gasteiger partial charge in [-0.05, 0) is 33.1 Å². The Hall–Kier alpha value is -0.860. The van der Waals surface area contributed by atoms with E-state index in [0.29, 0.717) is 6.42 Å². The lowest BCUT2D eigenvalue weighted by molar-refractivity contribution is -0.165. The molecule has 0 aliphatic carbocycles. The molecule has 3 nitrogen and oxygen atoms in total. The molecule has 0 aliphatic rings. The molecule has 3 heteroatoms. The van der Waals surface area contributed by atoms with Crippen LogP contribution in [-0.2, 0) is 14.3 Å².